The van der Waals surface area contributed by atoms with Crippen molar-refractivity contribution < 1.29 is 22.1 Å². The SMILES string of the molecule is COC(=O)CC1COS(=O)(=O)C1. The van der Waals surface area contributed by atoms with Gasteiger partial charge in [-0.25, -0.2) is 0 Å². The maximum Gasteiger partial charge on any atom is 0.305 e. The van der Waals surface area contributed by atoms with Crippen LogP contribution in [0.15, 0.2) is 0 Å². The van der Waals surface area contributed by atoms with Gasteiger partial charge in [-0.15, -0.1) is 0 Å². The summed E-state index contributed by atoms with van der Waals surface area (Å²) in [7, 11) is -2.09. The van der Waals surface area contributed by atoms with E-state index in [9.17, 15) is 13.2 Å². The first-order valence-corrected chi connectivity index (χ1v) is 5.05. The van der Waals surface area contributed by atoms with Gasteiger partial charge in [0, 0.05) is 5.92 Å². The highest BCUT2D eigenvalue weighted by Crippen LogP contribution is 2.18. The van der Waals surface area contributed by atoms with Crippen molar-refractivity contribution >= 4 is 16.1 Å². The lowest BCUT2D eigenvalue weighted by Crippen LogP contribution is -2.12. The fraction of sp³-hybridized carbons (Fsp3) is 0.833. The molecule has 12 heavy (non-hydrogen) atoms. The Morgan fingerprint density at radius 1 is 1.67 bits per heavy atom. The highest BCUT2D eigenvalue weighted by molar-refractivity contribution is 7.86. The number of hydrogen-bond acceptors (Lipinski definition) is 5. The predicted octanol–water partition coefficient (Wildman–Crippen LogP) is -0.474. The maximum atomic E-state index is 10.7. The van der Waals surface area contributed by atoms with Gasteiger partial charge in [0.15, 0.2) is 0 Å². The van der Waals surface area contributed by atoms with Crippen LogP contribution in [0.25, 0.3) is 0 Å². The summed E-state index contributed by atoms with van der Waals surface area (Å²) in [6, 6.07) is 0. The molecule has 0 N–H and O–H groups in total. The number of carbonyl (C=O) groups is 1. The van der Waals surface area contributed by atoms with E-state index in [1.165, 1.54) is 7.11 Å². The summed E-state index contributed by atoms with van der Waals surface area (Å²) >= 11 is 0. The van der Waals surface area contributed by atoms with Crippen LogP contribution < -0.4 is 0 Å². The van der Waals surface area contributed by atoms with Crippen molar-refractivity contribution in [2.24, 2.45) is 5.92 Å². The molecule has 0 radical (unpaired) electrons. The van der Waals surface area contributed by atoms with E-state index in [4.69, 9.17) is 0 Å². The second kappa shape index (κ2) is 3.40. The Hall–Kier alpha value is -0.620. The maximum absolute atomic E-state index is 10.7. The van der Waals surface area contributed by atoms with Gasteiger partial charge >= 0.3 is 5.97 Å². The van der Waals surface area contributed by atoms with Crippen LogP contribution in [-0.4, -0.2) is 33.9 Å². The molecule has 70 valence electrons. The van der Waals surface area contributed by atoms with Gasteiger partial charge in [0.2, 0.25) is 0 Å². The highest BCUT2D eigenvalue weighted by Gasteiger charge is 2.30. The molecule has 0 saturated carbocycles. The van der Waals surface area contributed by atoms with Crippen LogP contribution in [0, 0.1) is 5.92 Å². The Bertz CT molecular complexity index is 268. The van der Waals surface area contributed by atoms with E-state index in [1.807, 2.05) is 0 Å². The van der Waals surface area contributed by atoms with Gasteiger partial charge < -0.3 is 4.74 Å². The minimum absolute atomic E-state index is 0.0813. The molecule has 0 spiro atoms. The van der Waals surface area contributed by atoms with E-state index in [2.05, 4.69) is 8.92 Å². The quantitative estimate of drug-likeness (QED) is 0.439. The standard InChI is InChI=1S/C6H10O5S/c1-10-6(7)2-5-3-11-12(8,9)4-5/h5H,2-4H2,1H3. The molecule has 1 saturated heterocycles. The molecule has 0 bridgehead atoms. The third-order valence-electron chi connectivity index (χ3n) is 1.61. The van der Waals surface area contributed by atoms with Gasteiger partial charge in [-0.2, -0.15) is 8.42 Å². The van der Waals surface area contributed by atoms with Crippen LogP contribution >= 0.6 is 0 Å². The molecule has 1 unspecified atom stereocenters. The third kappa shape index (κ3) is 2.46. The zero-order valence-electron chi connectivity index (χ0n) is 6.65. The fourth-order valence-electron chi connectivity index (χ4n) is 1.02. The van der Waals surface area contributed by atoms with E-state index < -0.39 is 16.1 Å². The van der Waals surface area contributed by atoms with Crippen molar-refractivity contribution in [3.05, 3.63) is 0 Å². The number of rotatable bonds is 2. The van der Waals surface area contributed by atoms with E-state index in [1.54, 1.807) is 0 Å². The fourth-order valence-corrected chi connectivity index (χ4v) is 2.31. The average Bonchev–Trinajstić information content (AvgIpc) is 2.30. The zero-order chi connectivity index (χ0) is 9.19. The van der Waals surface area contributed by atoms with Gasteiger partial charge in [-0.05, 0) is 0 Å². The topological polar surface area (TPSA) is 69.7 Å². The van der Waals surface area contributed by atoms with Crippen LogP contribution in [0.5, 0.6) is 0 Å². The minimum Gasteiger partial charge on any atom is -0.469 e. The van der Waals surface area contributed by atoms with E-state index in [0.29, 0.717) is 0 Å². The summed E-state index contributed by atoms with van der Waals surface area (Å²) in [5.41, 5.74) is 0. The molecule has 1 atom stereocenters. The van der Waals surface area contributed by atoms with Crippen molar-refractivity contribution in [2.75, 3.05) is 19.5 Å². The summed E-state index contributed by atoms with van der Waals surface area (Å²) in [5.74, 6) is -0.731. The lowest BCUT2D eigenvalue weighted by atomic mass is 10.1. The second-order valence-corrected chi connectivity index (χ2v) is 4.34. The molecule has 0 aromatic rings. The van der Waals surface area contributed by atoms with E-state index in [0.717, 1.165) is 0 Å². The van der Waals surface area contributed by atoms with Gasteiger partial charge in [-0.3, -0.25) is 8.98 Å². The first kappa shape index (κ1) is 9.47. The van der Waals surface area contributed by atoms with E-state index in [-0.39, 0.29) is 24.7 Å². The Labute approximate surface area is 70.8 Å². The molecule has 1 heterocycles. The lowest BCUT2D eigenvalue weighted by molar-refractivity contribution is -0.141. The zero-order valence-corrected chi connectivity index (χ0v) is 7.46. The molecule has 5 nitrogen and oxygen atoms in total. The lowest BCUT2D eigenvalue weighted by Gasteiger charge is -2.01. The molecule has 1 rings (SSSR count). The number of esters is 1. The molecule has 0 aromatic carbocycles. The average molecular weight is 194 g/mol. The van der Waals surface area contributed by atoms with Gasteiger partial charge in [0.05, 0.1) is 25.9 Å². The second-order valence-electron chi connectivity index (χ2n) is 2.66. The molecular formula is C6H10O5S. The Morgan fingerprint density at radius 3 is 2.75 bits per heavy atom. The number of carbonyl (C=O) groups excluding carboxylic acids is 1. The monoisotopic (exact) mass is 194 g/mol. The molecule has 1 aliphatic heterocycles. The van der Waals surface area contributed by atoms with Crippen LogP contribution in [0.2, 0.25) is 0 Å². The van der Waals surface area contributed by atoms with Crippen molar-refractivity contribution in [3.63, 3.8) is 0 Å². The minimum atomic E-state index is -3.36. The summed E-state index contributed by atoms with van der Waals surface area (Å²) in [6.07, 6.45) is 0.107. The number of ether oxygens (including phenoxy) is 1. The third-order valence-corrected chi connectivity index (χ3v) is 2.98. The smallest absolute Gasteiger partial charge is 0.305 e. The normalized spacial score (nSPS) is 26.9. The van der Waals surface area contributed by atoms with Crippen LogP contribution in [0.1, 0.15) is 6.42 Å². The van der Waals surface area contributed by atoms with Crippen LogP contribution in [0.4, 0.5) is 0 Å². The largest absolute Gasteiger partial charge is 0.469 e. The summed E-state index contributed by atoms with van der Waals surface area (Å²) in [6.45, 7) is 0.0947. The Balaban J connectivity index is 2.43. The highest BCUT2D eigenvalue weighted by atomic mass is 32.2. The van der Waals surface area contributed by atoms with Crippen LogP contribution in [0.3, 0.4) is 0 Å². The Morgan fingerprint density at radius 2 is 2.33 bits per heavy atom. The first-order chi connectivity index (χ1) is 5.53. The molecular weight excluding hydrogens is 184 g/mol. The van der Waals surface area contributed by atoms with Crippen molar-refractivity contribution in [3.8, 4) is 0 Å². The summed E-state index contributed by atoms with van der Waals surface area (Å²) < 4.78 is 30.3. The first-order valence-electron chi connectivity index (χ1n) is 3.47. The van der Waals surface area contributed by atoms with Crippen molar-refractivity contribution in [1.29, 1.82) is 0 Å². The molecule has 1 aliphatic rings. The van der Waals surface area contributed by atoms with Gasteiger partial charge in [0.1, 0.15) is 0 Å². The predicted molar refractivity (Wildman–Crippen MR) is 39.9 cm³/mol. The van der Waals surface area contributed by atoms with Crippen molar-refractivity contribution in [2.45, 2.75) is 6.42 Å². The number of methoxy groups -OCH3 is 1. The van der Waals surface area contributed by atoms with Crippen LogP contribution in [-0.2, 0) is 23.8 Å². The summed E-state index contributed by atoms with van der Waals surface area (Å²) in [5, 5.41) is 0. The number of hydrogen-bond donors (Lipinski definition) is 0. The van der Waals surface area contributed by atoms with E-state index >= 15 is 0 Å². The molecule has 0 aromatic heterocycles. The molecule has 0 amide bonds. The van der Waals surface area contributed by atoms with Crippen molar-refractivity contribution in [1.82, 2.24) is 0 Å². The molecule has 1 fully saturated rings. The molecule has 0 aliphatic carbocycles. The Kier molecular flexibility index (Phi) is 2.69. The summed E-state index contributed by atoms with van der Waals surface area (Å²) in [4.78, 5) is 10.7. The molecule has 6 heteroatoms. The van der Waals surface area contributed by atoms with Gasteiger partial charge in [0.25, 0.3) is 10.1 Å². The van der Waals surface area contributed by atoms with Gasteiger partial charge in [-0.1, -0.05) is 0 Å².